The molecule has 0 saturated heterocycles. The fourth-order valence-corrected chi connectivity index (χ4v) is 1.45. The number of rotatable bonds is 2. The molecule has 6 heteroatoms. The van der Waals surface area contributed by atoms with Crippen LogP contribution in [0.2, 0.25) is 0 Å². The van der Waals surface area contributed by atoms with Gasteiger partial charge in [0, 0.05) is 7.05 Å². The van der Waals surface area contributed by atoms with E-state index in [2.05, 4.69) is 15.2 Å². The highest BCUT2D eigenvalue weighted by Gasteiger charge is 2.08. The maximum atomic E-state index is 5.71. The number of nitrogen functional groups attached to an aromatic ring is 1. The molecule has 2 heterocycles. The molecule has 15 heavy (non-hydrogen) atoms. The molecule has 6 nitrogen and oxygen atoms in total. The van der Waals surface area contributed by atoms with Gasteiger partial charge in [0.2, 0.25) is 0 Å². The summed E-state index contributed by atoms with van der Waals surface area (Å²) in [6.45, 7) is 4.40. The molecule has 0 aromatic carbocycles. The Labute approximate surface area is 87.7 Å². The zero-order valence-corrected chi connectivity index (χ0v) is 9.10. The van der Waals surface area contributed by atoms with Crippen LogP contribution in [0.4, 0.5) is 5.69 Å². The Morgan fingerprint density at radius 1 is 1.40 bits per heavy atom. The minimum atomic E-state index is 0.598. The number of aromatic nitrogens is 5. The number of nitrogens with two attached hydrogens (primary N) is 1. The first-order valence-corrected chi connectivity index (χ1v) is 4.72. The van der Waals surface area contributed by atoms with Crippen molar-refractivity contribution in [3.05, 3.63) is 23.5 Å². The molecule has 0 amide bonds. The minimum Gasteiger partial charge on any atom is -0.396 e. The van der Waals surface area contributed by atoms with E-state index >= 15 is 0 Å². The highest BCUT2D eigenvalue weighted by atomic mass is 15.4. The molecule has 0 radical (unpaired) electrons. The average Bonchev–Trinajstić information content (AvgIpc) is 2.64. The maximum Gasteiger partial charge on any atom is 0.148 e. The van der Waals surface area contributed by atoms with Crippen LogP contribution in [0, 0.1) is 13.8 Å². The van der Waals surface area contributed by atoms with E-state index in [0.717, 1.165) is 17.3 Å². The SMILES string of the molecule is Cc1nc(Cn2ncc(N)c2C)n(C)n1. The van der Waals surface area contributed by atoms with E-state index in [-0.39, 0.29) is 0 Å². The van der Waals surface area contributed by atoms with Crippen LogP contribution in [-0.2, 0) is 13.6 Å². The van der Waals surface area contributed by atoms with Crippen molar-refractivity contribution < 1.29 is 0 Å². The summed E-state index contributed by atoms with van der Waals surface area (Å²) in [4.78, 5) is 4.31. The van der Waals surface area contributed by atoms with Gasteiger partial charge in [0.1, 0.15) is 18.2 Å². The van der Waals surface area contributed by atoms with E-state index in [9.17, 15) is 0 Å². The van der Waals surface area contributed by atoms with Gasteiger partial charge in [0.15, 0.2) is 0 Å². The van der Waals surface area contributed by atoms with E-state index < -0.39 is 0 Å². The van der Waals surface area contributed by atoms with Crippen molar-refractivity contribution in [3.8, 4) is 0 Å². The van der Waals surface area contributed by atoms with Crippen LogP contribution in [-0.4, -0.2) is 24.5 Å². The Kier molecular flexibility index (Phi) is 2.18. The third kappa shape index (κ3) is 1.70. The molecule has 80 valence electrons. The summed E-state index contributed by atoms with van der Waals surface area (Å²) in [7, 11) is 1.87. The van der Waals surface area contributed by atoms with Crippen molar-refractivity contribution in [2.75, 3.05) is 5.73 Å². The highest BCUT2D eigenvalue weighted by Crippen LogP contribution is 2.10. The smallest absolute Gasteiger partial charge is 0.148 e. The van der Waals surface area contributed by atoms with Gasteiger partial charge >= 0.3 is 0 Å². The first-order chi connectivity index (χ1) is 7.08. The number of aryl methyl sites for hydroxylation is 2. The molecule has 2 N–H and O–H groups in total. The van der Waals surface area contributed by atoms with Crippen molar-refractivity contribution in [1.29, 1.82) is 0 Å². The predicted octanol–water partition coefficient (Wildman–Crippen LogP) is 0.259. The van der Waals surface area contributed by atoms with Gasteiger partial charge in [-0.2, -0.15) is 10.2 Å². The molecule has 0 saturated carbocycles. The molecule has 0 unspecified atom stereocenters. The quantitative estimate of drug-likeness (QED) is 0.764. The molecule has 0 aliphatic rings. The Morgan fingerprint density at radius 3 is 2.60 bits per heavy atom. The summed E-state index contributed by atoms with van der Waals surface area (Å²) in [5.74, 6) is 1.64. The first-order valence-electron chi connectivity index (χ1n) is 4.72. The van der Waals surface area contributed by atoms with Crippen LogP contribution in [0.15, 0.2) is 6.20 Å². The van der Waals surface area contributed by atoms with Gasteiger partial charge in [-0.1, -0.05) is 0 Å². The molecule has 0 fully saturated rings. The summed E-state index contributed by atoms with van der Waals surface area (Å²) in [6.07, 6.45) is 1.65. The summed E-state index contributed by atoms with van der Waals surface area (Å²) < 4.78 is 3.57. The van der Waals surface area contributed by atoms with Crippen molar-refractivity contribution >= 4 is 5.69 Å². The molecular formula is C9H14N6. The van der Waals surface area contributed by atoms with Gasteiger partial charge in [-0.3, -0.25) is 9.36 Å². The van der Waals surface area contributed by atoms with Crippen LogP contribution >= 0.6 is 0 Å². The lowest BCUT2D eigenvalue weighted by Crippen LogP contribution is -2.09. The lowest BCUT2D eigenvalue weighted by Gasteiger charge is -2.03. The topological polar surface area (TPSA) is 74.6 Å². The summed E-state index contributed by atoms with van der Waals surface area (Å²) in [5.41, 5.74) is 7.37. The largest absolute Gasteiger partial charge is 0.396 e. The van der Waals surface area contributed by atoms with Crippen molar-refractivity contribution in [2.45, 2.75) is 20.4 Å². The van der Waals surface area contributed by atoms with E-state index in [1.165, 1.54) is 0 Å². The van der Waals surface area contributed by atoms with Crippen molar-refractivity contribution in [1.82, 2.24) is 24.5 Å². The van der Waals surface area contributed by atoms with Crippen LogP contribution in [0.1, 0.15) is 17.3 Å². The van der Waals surface area contributed by atoms with Gasteiger partial charge in [-0.25, -0.2) is 4.98 Å². The molecule has 0 bridgehead atoms. The Bertz CT molecular complexity index is 481. The van der Waals surface area contributed by atoms with Crippen molar-refractivity contribution in [2.24, 2.45) is 7.05 Å². The first kappa shape index (κ1) is 9.70. The van der Waals surface area contributed by atoms with E-state index in [4.69, 9.17) is 5.73 Å². The normalized spacial score (nSPS) is 10.9. The van der Waals surface area contributed by atoms with Gasteiger partial charge < -0.3 is 5.73 Å². The number of hydrogen-bond donors (Lipinski definition) is 1. The second-order valence-electron chi connectivity index (χ2n) is 3.54. The standard InChI is InChI=1S/C9H14N6/c1-6-8(10)4-11-15(6)5-9-12-7(2)13-14(9)3/h4H,5,10H2,1-3H3. The Morgan fingerprint density at radius 2 is 2.13 bits per heavy atom. The number of hydrogen-bond acceptors (Lipinski definition) is 4. The highest BCUT2D eigenvalue weighted by molar-refractivity contribution is 5.39. The maximum absolute atomic E-state index is 5.71. The predicted molar refractivity (Wildman–Crippen MR) is 56.2 cm³/mol. The van der Waals surface area contributed by atoms with Crippen LogP contribution < -0.4 is 5.73 Å². The molecular weight excluding hydrogens is 192 g/mol. The molecule has 2 rings (SSSR count). The lowest BCUT2D eigenvalue weighted by atomic mass is 10.4. The van der Waals surface area contributed by atoms with Gasteiger partial charge in [0.05, 0.1) is 17.6 Å². The molecule has 0 atom stereocenters. The van der Waals surface area contributed by atoms with Gasteiger partial charge in [-0.15, -0.1) is 0 Å². The second-order valence-corrected chi connectivity index (χ2v) is 3.54. The Hall–Kier alpha value is -1.85. The number of anilines is 1. The van der Waals surface area contributed by atoms with Gasteiger partial charge in [0.25, 0.3) is 0 Å². The Balaban J connectivity index is 2.29. The van der Waals surface area contributed by atoms with E-state index in [0.29, 0.717) is 12.2 Å². The molecule has 2 aromatic rings. The van der Waals surface area contributed by atoms with Crippen LogP contribution in [0.25, 0.3) is 0 Å². The third-order valence-electron chi connectivity index (χ3n) is 2.39. The monoisotopic (exact) mass is 206 g/mol. The zero-order chi connectivity index (χ0) is 11.0. The molecule has 0 aliphatic carbocycles. The number of nitrogens with zero attached hydrogens (tertiary/aromatic N) is 5. The van der Waals surface area contributed by atoms with E-state index in [1.807, 2.05) is 25.6 Å². The van der Waals surface area contributed by atoms with Crippen LogP contribution in [0.3, 0.4) is 0 Å². The van der Waals surface area contributed by atoms with Crippen molar-refractivity contribution in [3.63, 3.8) is 0 Å². The summed E-state index contributed by atoms with van der Waals surface area (Å²) in [5, 5.41) is 8.35. The molecule has 0 spiro atoms. The summed E-state index contributed by atoms with van der Waals surface area (Å²) >= 11 is 0. The fourth-order valence-electron chi connectivity index (χ4n) is 1.45. The molecule has 2 aromatic heterocycles. The summed E-state index contributed by atoms with van der Waals surface area (Å²) in [6, 6.07) is 0. The second kappa shape index (κ2) is 3.38. The minimum absolute atomic E-state index is 0.598. The third-order valence-corrected chi connectivity index (χ3v) is 2.39. The fraction of sp³-hybridized carbons (Fsp3) is 0.444. The molecule has 0 aliphatic heterocycles. The zero-order valence-electron chi connectivity index (χ0n) is 9.10. The van der Waals surface area contributed by atoms with E-state index in [1.54, 1.807) is 10.9 Å². The lowest BCUT2D eigenvalue weighted by molar-refractivity contribution is 0.596. The van der Waals surface area contributed by atoms with Gasteiger partial charge in [-0.05, 0) is 13.8 Å². The van der Waals surface area contributed by atoms with Crippen LogP contribution in [0.5, 0.6) is 0 Å². The average molecular weight is 206 g/mol.